The molecule has 1 saturated heterocycles. The van der Waals surface area contributed by atoms with Gasteiger partial charge in [0.25, 0.3) is 0 Å². The Hall–Kier alpha value is -1.33. The predicted molar refractivity (Wildman–Crippen MR) is 114 cm³/mol. The van der Waals surface area contributed by atoms with E-state index < -0.39 is 0 Å². The molecule has 3 rings (SSSR count). The highest BCUT2D eigenvalue weighted by Crippen LogP contribution is 2.22. The van der Waals surface area contributed by atoms with E-state index in [0.29, 0.717) is 27.7 Å². The third kappa shape index (κ3) is 5.85. The summed E-state index contributed by atoms with van der Waals surface area (Å²) in [7, 11) is 0. The highest BCUT2D eigenvalue weighted by molar-refractivity contribution is 7.80. The molecule has 1 heterocycles. The number of piperidine rings is 1. The fraction of sp³-hybridized carbons (Fsp3) is 0.350. The average molecular weight is 408 g/mol. The lowest BCUT2D eigenvalue weighted by Gasteiger charge is -2.33. The van der Waals surface area contributed by atoms with Crippen molar-refractivity contribution >= 4 is 40.5 Å². The first-order chi connectivity index (χ1) is 12.6. The van der Waals surface area contributed by atoms with Crippen LogP contribution in [0.2, 0.25) is 10.0 Å². The highest BCUT2D eigenvalue weighted by atomic mass is 35.5. The second kappa shape index (κ2) is 9.56. The van der Waals surface area contributed by atoms with Crippen LogP contribution in [-0.2, 0) is 13.1 Å². The summed E-state index contributed by atoms with van der Waals surface area (Å²) in [5.41, 5.74) is 2.43. The van der Waals surface area contributed by atoms with Gasteiger partial charge in [-0.3, -0.25) is 4.90 Å². The Bertz CT molecular complexity index is 731. The zero-order valence-corrected chi connectivity index (χ0v) is 16.9. The summed E-state index contributed by atoms with van der Waals surface area (Å²) in [6.45, 7) is 3.83. The average Bonchev–Trinajstić information content (AvgIpc) is 2.65. The lowest BCUT2D eigenvalue weighted by atomic mass is 10.0. The van der Waals surface area contributed by atoms with Gasteiger partial charge in [-0.1, -0.05) is 59.6 Å². The molecule has 1 fully saturated rings. The molecule has 26 heavy (non-hydrogen) atoms. The normalized spacial score (nSPS) is 15.6. The molecule has 6 heteroatoms. The molecule has 0 radical (unpaired) electrons. The van der Waals surface area contributed by atoms with Crippen molar-refractivity contribution in [3.63, 3.8) is 0 Å². The summed E-state index contributed by atoms with van der Waals surface area (Å²) in [5.74, 6) is 0. The number of thiocarbonyl (C=S) groups is 1. The predicted octanol–water partition coefficient (Wildman–Crippen LogP) is 4.62. The summed E-state index contributed by atoms with van der Waals surface area (Å²) < 4.78 is 0. The summed E-state index contributed by atoms with van der Waals surface area (Å²) >= 11 is 17.4. The maximum absolute atomic E-state index is 6.04. The van der Waals surface area contributed by atoms with Crippen LogP contribution in [0.3, 0.4) is 0 Å². The molecule has 2 N–H and O–H groups in total. The number of benzene rings is 2. The van der Waals surface area contributed by atoms with Crippen LogP contribution in [0.4, 0.5) is 0 Å². The molecule has 0 atom stereocenters. The maximum atomic E-state index is 6.04. The molecule has 0 amide bonds. The number of hydrogen-bond acceptors (Lipinski definition) is 2. The van der Waals surface area contributed by atoms with Gasteiger partial charge in [-0.25, -0.2) is 0 Å². The van der Waals surface area contributed by atoms with E-state index in [4.69, 9.17) is 35.4 Å². The van der Waals surface area contributed by atoms with E-state index in [-0.39, 0.29) is 0 Å². The zero-order valence-electron chi connectivity index (χ0n) is 14.6. The molecule has 3 nitrogen and oxygen atoms in total. The van der Waals surface area contributed by atoms with Crippen molar-refractivity contribution in [2.45, 2.75) is 32.0 Å². The van der Waals surface area contributed by atoms with Crippen LogP contribution in [0.1, 0.15) is 24.0 Å². The van der Waals surface area contributed by atoms with E-state index >= 15 is 0 Å². The van der Waals surface area contributed by atoms with E-state index in [9.17, 15) is 0 Å². The van der Waals surface area contributed by atoms with Gasteiger partial charge in [0, 0.05) is 32.2 Å². The van der Waals surface area contributed by atoms with Gasteiger partial charge in [-0.15, -0.1) is 0 Å². The van der Waals surface area contributed by atoms with Gasteiger partial charge in [0.05, 0.1) is 10.0 Å². The number of hydrogen-bond donors (Lipinski definition) is 2. The minimum Gasteiger partial charge on any atom is -0.360 e. The number of rotatable bonds is 5. The van der Waals surface area contributed by atoms with Crippen molar-refractivity contribution in [3.05, 3.63) is 69.7 Å². The van der Waals surface area contributed by atoms with Crippen LogP contribution in [0.25, 0.3) is 0 Å². The molecular weight excluding hydrogens is 385 g/mol. The van der Waals surface area contributed by atoms with E-state index in [1.807, 2.05) is 12.1 Å². The fourth-order valence-electron chi connectivity index (χ4n) is 3.15. The minimum absolute atomic E-state index is 0.427. The van der Waals surface area contributed by atoms with Gasteiger partial charge >= 0.3 is 0 Å². The summed E-state index contributed by atoms with van der Waals surface area (Å²) in [6.07, 6.45) is 2.20. The monoisotopic (exact) mass is 407 g/mol. The van der Waals surface area contributed by atoms with Crippen LogP contribution in [-0.4, -0.2) is 29.1 Å². The molecule has 0 saturated carbocycles. The summed E-state index contributed by atoms with van der Waals surface area (Å²) in [4.78, 5) is 2.50. The van der Waals surface area contributed by atoms with E-state index in [1.54, 1.807) is 6.07 Å². The maximum Gasteiger partial charge on any atom is 0.166 e. The molecule has 2 aromatic rings. The van der Waals surface area contributed by atoms with Crippen LogP contribution >= 0.6 is 35.4 Å². The summed E-state index contributed by atoms with van der Waals surface area (Å²) in [6, 6.07) is 16.7. The Kier molecular flexibility index (Phi) is 7.15. The SMILES string of the molecule is S=C(NCc1ccc(Cl)c(Cl)c1)NC1CCN(Cc2ccccc2)CC1. The lowest BCUT2D eigenvalue weighted by molar-refractivity contribution is 0.199. The Morgan fingerprint density at radius 1 is 1.00 bits per heavy atom. The molecule has 138 valence electrons. The summed E-state index contributed by atoms with van der Waals surface area (Å²) in [5, 5.41) is 8.51. The van der Waals surface area contributed by atoms with Crippen molar-refractivity contribution in [1.29, 1.82) is 0 Å². The highest BCUT2D eigenvalue weighted by Gasteiger charge is 2.19. The van der Waals surface area contributed by atoms with E-state index in [0.717, 1.165) is 38.0 Å². The van der Waals surface area contributed by atoms with E-state index in [2.05, 4.69) is 45.9 Å². The molecule has 2 aromatic carbocycles. The van der Waals surface area contributed by atoms with Crippen molar-refractivity contribution in [2.75, 3.05) is 13.1 Å². The largest absolute Gasteiger partial charge is 0.360 e. The molecule has 0 unspecified atom stereocenters. The standard InChI is InChI=1S/C20H23Cl2N3S/c21-18-7-6-16(12-19(18)22)13-23-20(26)24-17-8-10-25(11-9-17)14-15-4-2-1-3-5-15/h1-7,12,17H,8-11,13-14H2,(H2,23,24,26). The van der Waals surface area contributed by atoms with Crippen LogP contribution in [0.15, 0.2) is 48.5 Å². The van der Waals surface area contributed by atoms with Crippen molar-refractivity contribution in [2.24, 2.45) is 0 Å². The van der Waals surface area contributed by atoms with Gasteiger partial charge in [0.1, 0.15) is 0 Å². The Morgan fingerprint density at radius 3 is 2.42 bits per heavy atom. The topological polar surface area (TPSA) is 27.3 Å². The van der Waals surface area contributed by atoms with E-state index in [1.165, 1.54) is 5.56 Å². The van der Waals surface area contributed by atoms with Crippen molar-refractivity contribution < 1.29 is 0 Å². The molecule has 0 bridgehead atoms. The smallest absolute Gasteiger partial charge is 0.166 e. The lowest BCUT2D eigenvalue weighted by Crippen LogP contribution is -2.47. The molecule has 1 aliphatic heterocycles. The Morgan fingerprint density at radius 2 is 1.73 bits per heavy atom. The number of likely N-dealkylation sites (tertiary alicyclic amines) is 1. The molecule has 0 aliphatic carbocycles. The van der Waals surface area contributed by atoms with Crippen LogP contribution in [0, 0.1) is 0 Å². The van der Waals surface area contributed by atoms with Gasteiger partial charge in [0.2, 0.25) is 0 Å². The Balaban J connectivity index is 1.38. The second-order valence-electron chi connectivity index (χ2n) is 6.61. The first-order valence-electron chi connectivity index (χ1n) is 8.85. The first-order valence-corrected chi connectivity index (χ1v) is 10.0. The quantitative estimate of drug-likeness (QED) is 0.706. The fourth-order valence-corrected chi connectivity index (χ4v) is 3.70. The minimum atomic E-state index is 0.427. The van der Waals surface area contributed by atoms with Gasteiger partial charge in [-0.05, 0) is 48.3 Å². The number of halogens is 2. The first kappa shape index (κ1) is 19.4. The third-order valence-corrected chi connectivity index (χ3v) is 5.61. The second-order valence-corrected chi connectivity index (χ2v) is 7.83. The molecular formula is C20H23Cl2N3S. The van der Waals surface area contributed by atoms with Gasteiger partial charge in [0.15, 0.2) is 5.11 Å². The number of nitrogens with one attached hydrogen (secondary N) is 2. The molecule has 0 aromatic heterocycles. The molecule has 1 aliphatic rings. The van der Waals surface area contributed by atoms with Crippen LogP contribution < -0.4 is 10.6 Å². The third-order valence-electron chi connectivity index (χ3n) is 4.61. The Labute approximate surface area is 170 Å². The van der Waals surface area contributed by atoms with Crippen molar-refractivity contribution in [3.8, 4) is 0 Å². The van der Waals surface area contributed by atoms with Gasteiger partial charge in [-0.2, -0.15) is 0 Å². The van der Waals surface area contributed by atoms with Crippen molar-refractivity contribution in [1.82, 2.24) is 15.5 Å². The zero-order chi connectivity index (χ0) is 18.4. The van der Waals surface area contributed by atoms with Crippen LogP contribution in [0.5, 0.6) is 0 Å². The molecule has 0 spiro atoms. The number of nitrogens with zero attached hydrogens (tertiary/aromatic N) is 1. The van der Waals surface area contributed by atoms with Gasteiger partial charge < -0.3 is 10.6 Å².